The molecule has 4 aliphatic carbocycles. The number of alkyl halides is 2. The molecule has 1 aliphatic heterocycles. The summed E-state index contributed by atoms with van der Waals surface area (Å²) in [5, 5.41) is 21.3. The topological polar surface area (TPSA) is 93.1 Å². The number of aliphatic hydroxyl groups excluding tert-OH is 2. The summed E-state index contributed by atoms with van der Waals surface area (Å²) in [6.07, 6.45) is -1.37. The van der Waals surface area contributed by atoms with E-state index in [4.69, 9.17) is 9.47 Å². The summed E-state index contributed by atoms with van der Waals surface area (Å²) in [6, 6.07) is 0. The molecule has 5 rings (SSSR count). The first-order valence-corrected chi connectivity index (χ1v) is 12.2. The highest BCUT2D eigenvalue weighted by Gasteiger charge is 2.80. The molecule has 4 fully saturated rings. The van der Waals surface area contributed by atoms with Crippen molar-refractivity contribution in [3.8, 4) is 0 Å². The van der Waals surface area contributed by atoms with Crippen molar-refractivity contribution < 1.29 is 38.1 Å². The Bertz CT molecular complexity index is 907. The molecule has 0 aromatic carbocycles. The SMILES string of the molecule is CCCC1O[C@@H]2C[C@H]3[C@@H]4C[C@H](F)C5=CC(=O)CC[C@]5(C)[C@@]4(F)[C@@H](O)C[C@]3(C)[C@]2(C(=O)CO)O1. The van der Waals surface area contributed by atoms with Crippen LogP contribution in [-0.4, -0.2) is 64.3 Å². The summed E-state index contributed by atoms with van der Waals surface area (Å²) < 4.78 is 45.1. The van der Waals surface area contributed by atoms with Gasteiger partial charge in [-0.2, -0.15) is 0 Å². The molecule has 1 saturated heterocycles. The Morgan fingerprint density at radius 1 is 1.27 bits per heavy atom. The molecule has 0 radical (unpaired) electrons. The zero-order chi connectivity index (χ0) is 24.0. The van der Waals surface area contributed by atoms with Gasteiger partial charge in [0.2, 0.25) is 0 Å². The number of rotatable bonds is 4. The van der Waals surface area contributed by atoms with Gasteiger partial charge in [-0.3, -0.25) is 9.59 Å². The largest absolute Gasteiger partial charge is 0.390 e. The number of carbonyl (C=O) groups excluding carboxylic acids is 2. The van der Waals surface area contributed by atoms with E-state index in [2.05, 4.69) is 0 Å². The Morgan fingerprint density at radius 3 is 2.67 bits per heavy atom. The highest BCUT2D eigenvalue weighted by atomic mass is 19.1. The fraction of sp³-hybridized carbons (Fsp3) is 0.840. The number of halogens is 2. The maximum Gasteiger partial charge on any atom is 0.193 e. The Labute approximate surface area is 192 Å². The first-order chi connectivity index (χ1) is 15.5. The second kappa shape index (κ2) is 7.39. The average Bonchev–Trinajstić information content (AvgIpc) is 3.24. The van der Waals surface area contributed by atoms with E-state index in [9.17, 15) is 19.8 Å². The molecule has 1 unspecified atom stereocenters. The molecule has 33 heavy (non-hydrogen) atoms. The minimum atomic E-state index is -2.14. The molecule has 184 valence electrons. The minimum absolute atomic E-state index is 0.0666. The number of fused-ring (bicyclic) bond motifs is 7. The van der Waals surface area contributed by atoms with E-state index in [-0.39, 0.29) is 37.0 Å². The molecule has 1 heterocycles. The van der Waals surface area contributed by atoms with Gasteiger partial charge in [0.05, 0.1) is 12.2 Å². The van der Waals surface area contributed by atoms with Crippen molar-refractivity contribution in [2.75, 3.05) is 6.61 Å². The predicted molar refractivity (Wildman–Crippen MR) is 114 cm³/mol. The molecule has 0 aromatic rings. The van der Waals surface area contributed by atoms with Gasteiger partial charge in [-0.1, -0.05) is 27.2 Å². The van der Waals surface area contributed by atoms with Gasteiger partial charge in [0.15, 0.2) is 23.5 Å². The molecule has 10 atom stereocenters. The van der Waals surface area contributed by atoms with Gasteiger partial charge in [0, 0.05) is 23.2 Å². The lowest BCUT2D eigenvalue weighted by molar-refractivity contribution is -0.242. The number of ether oxygens (including phenoxy) is 2. The first kappa shape index (κ1) is 23.5. The van der Waals surface area contributed by atoms with Crippen molar-refractivity contribution in [1.29, 1.82) is 0 Å². The number of ketones is 2. The van der Waals surface area contributed by atoms with Crippen LogP contribution < -0.4 is 0 Å². The van der Waals surface area contributed by atoms with Gasteiger partial charge in [0.25, 0.3) is 0 Å². The van der Waals surface area contributed by atoms with Crippen molar-refractivity contribution in [2.45, 2.75) is 102 Å². The van der Waals surface area contributed by atoms with Gasteiger partial charge >= 0.3 is 0 Å². The molecule has 0 amide bonds. The summed E-state index contributed by atoms with van der Waals surface area (Å²) in [5.41, 5.74) is -5.82. The maximum atomic E-state index is 17.2. The van der Waals surface area contributed by atoms with E-state index in [1.807, 2.05) is 6.92 Å². The summed E-state index contributed by atoms with van der Waals surface area (Å²) in [7, 11) is 0. The Kier molecular flexibility index (Phi) is 5.27. The Balaban J connectivity index is 1.61. The summed E-state index contributed by atoms with van der Waals surface area (Å²) in [4.78, 5) is 25.2. The standard InChI is InChI=1S/C25H34F2O6/c1-4-5-21-32-20-10-14-15-9-17(26)16-8-13(29)6-7-22(16,2)24(15,27)18(30)11-23(14,3)25(20,33-21)19(31)12-28/h8,14-15,17-18,20-21,28,30H,4-7,9-12H2,1-3H3/t14-,15-,17-,18-,20+,21?,22-,23-,24-,25+/m0/s1. The molecule has 6 nitrogen and oxygen atoms in total. The highest BCUT2D eigenvalue weighted by molar-refractivity contribution is 5.92. The second-order valence-corrected chi connectivity index (χ2v) is 11.2. The van der Waals surface area contributed by atoms with E-state index < -0.39 is 71.0 Å². The molecule has 0 bridgehead atoms. The molecular formula is C25H34F2O6. The van der Waals surface area contributed by atoms with E-state index in [1.54, 1.807) is 13.8 Å². The lowest BCUT2D eigenvalue weighted by atomic mass is 9.43. The number of hydrogen-bond acceptors (Lipinski definition) is 6. The number of aliphatic hydroxyl groups is 2. The van der Waals surface area contributed by atoms with Crippen LogP contribution in [0, 0.1) is 22.7 Å². The fourth-order valence-corrected chi connectivity index (χ4v) is 8.36. The van der Waals surface area contributed by atoms with Gasteiger partial charge in [0.1, 0.15) is 18.4 Å². The van der Waals surface area contributed by atoms with Crippen molar-refractivity contribution in [2.24, 2.45) is 22.7 Å². The third-order valence-corrected chi connectivity index (χ3v) is 9.90. The zero-order valence-electron chi connectivity index (χ0n) is 19.5. The molecule has 8 heteroatoms. The molecular weight excluding hydrogens is 434 g/mol. The Hall–Kier alpha value is -1.22. The first-order valence-electron chi connectivity index (χ1n) is 12.2. The second-order valence-electron chi connectivity index (χ2n) is 11.2. The van der Waals surface area contributed by atoms with Crippen molar-refractivity contribution in [3.05, 3.63) is 11.6 Å². The molecule has 0 aromatic heterocycles. The average molecular weight is 469 g/mol. The van der Waals surface area contributed by atoms with Gasteiger partial charge in [-0.15, -0.1) is 0 Å². The highest BCUT2D eigenvalue weighted by Crippen LogP contribution is 2.72. The fourth-order valence-electron chi connectivity index (χ4n) is 8.36. The van der Waals surface area contributed by atoms with Crippen LogP contribution in [-0.2, 0) is 19.1 Å². The van der Waals surface area contributed by atoms with Crippen LogP contribution in [0.5, 0.6) is 0 Å². The van der Waals surface area contributed by atoms with Crippen molar-refractivity contribution in [3.63, 3.8) is 0 Å². The Morgan fingerprint density at radius 2 is 2.00 bits per heavy atom. The third-order valence-electron chi connectivity index (χ3n) is 9.90. The smallest absolute Gasteiger partial charge is 0.193 e. The number of Topliss-reactive ketones (excluding diaryl/α,β-unsaturated/α-hetero) is 1. The number of hydrogen-bond donors (Lipinski definition) is 2. The van der Waals surface area contributed by atoms with E-state index in [1.165, 1.54) is 6.08 Å². The summed E-state index contributed by atoms with van der Waals surface area (Å²) in [5.74, 6) is -2.10. The third kappa shape index (κ3) is 2.67. The molecule has 3 saturated carbocycles. The van der Waals surface area contributed by atoms with Crippen LogP contribution in [0.4, 0.5) is 8.78 Å². The lowest BCUT2D eigenvalue weighted by Crippen LogP contribution is -2.71. The summed E-state index contributed by atoms with van der Waals surface area (Å²) >= 11 is 0. The maximum absolute atomic E-state index is 17.2. The van der Waals surface area contributed by atoms with Crippen LogP contribution >= 0.6 is 0 Å². The van der Waals surface area contributed by atoms with Crippen LogP contribution in [0.25, 0.3) is 0 Å². The number of carbonyl (C=O) groups is 2. The molecule has 0 spiro atoms. The lowest BCUT2D eigenvalue weighted by Gasteiger charge is -2.64. The molecule has 2 N–H and O–H groups in total. The van der Waals surface area contributed by atoms with Crippen molar-refractivity contribution in [1.82, 2.24) is 0 Å². The van der Waals surface area contributed by atoms with Gasteiger partial charge in [-0.25, -0.2) is 8.78 Å². The van der Waals surface area contributed by atoms with Crippen molar-refractivity contribution >= 4 is 11.6 Å². The van der Waals surface area contributed by atoms with Crippen LogP contribution in [0.2, 0.25) is 0 Å². The minimum Gasteiger partial charge on any atom is -0.390 e. The van der Waals surface area contributed by atoms with Crippen LogP contribution in [0.1, 0.15) is 65.7 Å². The van der Waals surface area contributed by atoms with Gasteiger partial charge < -0.3 is 19.7 Å². The normalized spacial score (nSPS) is 53.1. The number of allylic oxidation sites excluding steroid dienone is 1. The van der Waals surface area contributed by atoms with Crippen LogP contribution in [0.3, 0.4) is 0 Å². The quantitative estimate of drug-likeness (QED) is 0.659. The predicted octanol–water partition coefficient (Wildman–Crippen LogP) is 2.98. The molecule has 5 aliphatic rings. The summed E-state index contributed by atoms with van der Waals surface area (Å²) in [6.45, 7) is 4.65. The van der Waals surface area contributed by atoms with E-state index >= 15 is 8.78 Å². The van der Waals surface area contributed by atoms with E-state index in [0.29, 0.717) is 12.8 Å². The van der Waals surface area contributed by atoms with E-state index in [0.717, 1.165) is 6.42 Å². The zero-order valence-corrected chi connectivity index (χ0v) is 19.5. The van der Waals surface area contributed by atoms with Gasteiger partial charge in [-0.05, 0) is 49.7 Å². The monoisotopic (exact) mass is 468 g/mol. The van der Waals surface area contributed by atoms with Crippen LogP contribution in [0.15, 0.2) is 11.6 Å².